The topological polar surface area (TPSA) is 99.6 Å². The summed E-state index contributed by atoms with van der Waals surface area (Å²) in [7, 11) is 5.46. The summed E-state index contributed by atoms with van der Waals surface area (Å²) in [5, 5.41) is 6.20. The fourth-order valence-corrected chi connectivity index (χ4v) is 5.41. The number of piperazine rings is 1. The lowest BCUT2D eigenvalue weighted by atomic mass is 9.86. The van der Waals surface area contributed by atoms with Crippen LogP contribution in [0.4, 0.5) is 17.2 Å². The SMILES string of the molecule is Cc1c(NC(=O)c2ccc(C(C)(C)C)cc2)cccc1-c1cn(C)c(=O)c(Nc2ccc(C3C(=O)N(C)CCN3C)cc2)n1. The van der Waals surface area contributed by atoms with Gasteiger partial charge in [-0.1, -0.05) is 57.2 Å². The lowest BCUT2D eigenvalue weighted by Gasteiger charge is -2.37. The maximum Gasteiger partial charge on any atom is 0.293 e. The summed E-state index contributed by atoms with van der Waals surface area (Å²) in [4.78, 5) is 47.4. The normalized spacial score (nSPS) is 15.8. The molecule has 9 heteroatoms. The van der Waals surface area contributed by atoms with Crippen LogP contribution in [0, 0.1) is 6.92 Å². The van der Waals surface area contributed by atoms with Crippen molar-refractivity contribution in [2.75, 3.05) is 37.8 Å². The Morgan fingerprint density at radius 1 is 0.909 bits per heavy atom. The molecule has 1 unspecified atom stereocenters. The summed E-state index contributed by atoms with van der Waals surface area (Å²) in [5.41, 5.74) is 5.93. The highest BCUT2D eigenvalue weighted by atomic mass is 16.2. The van der Waals surface area contributed by atoms with Crippen LogP contribution < -0.4 is 16.2 Å². The van der Waals surface area contributed by atoms with Crippen molar-refractivity contribution < 1.29 is 9.59 Å². The highest BCUT2D eigenvalue weighted by Gasteiger charge is 2.31. The van der Waals surface area contributed by atoms with E-state index in [2.05, 4.69) is 31.4 Å². The first-order valence-electron chi connectivity index (χ1n) is 14.8. The zero-order chi connectivity index (χ0) is 31.8. The molecule has 0 saturated carbocycles. The molecular formula is C35H40N6O3. The Balaban J connectivity index is 1.38. The molecule has 2 N–H and O–H groups in total. The highest BCUT2D eigenvalue weighted by molar-refractivity contribution is 6.05. The lowest BCUT2D eigenvalue weighted by Crippen LogP contribution is -2.48. The predicted molar refractivity (Wildman–Crippen MR) is 175 cm³/mol. The maximum atomic E-state index is 13.1. The number of hydrogen-bond acceptors (Lipinski definition) is 6. The van der Waals surface area contributed by atoms with Gasteiger partial charge >= 0.3 is 0 Å². The summed E-state index contributed by atoms with van der Waals surface area (Å²) < 4.78 is 1.49. The van der Waals surface area contributed by atoms with Crippen molar-refractivity contribution in [1.82, 2.24) is 19.4 Å². The van der Waals surface area contributed by atoms with Gasteiger partial charge in [0.2, 0.25) is 5.91 Å². The minimum absolute atomic E-state index is 0.00354. The monoisotopic (exact) mass is 592 g/mol. The van der Waals surface area contributed by atoms with Gasteiger partial charge in [0.05, 0.1) is 5.69 Å². The van der Waals surface area contributed by atoms with E-state index in [1.165, 1.54) is 4.57 Å². The zero-order valence-electron chi connectivity index (χ0n) is 26.4. The Morgan fingerprint density at radius 3 is 2.25 bits per heavy atom. The van der Waals surface area contributed by atoms with Crippen molar-refractivity contribution in [3.63, 3.8) is 0 Å². The van der Waals surface area contributed by atoms with E-state index in [0.717, 1.165) is 28.8 Å². The van der Waals surface area contributed by atoms with Crippen molar-refractivity contribution >= 4 is 29.0 Å². The van der Waals surface area contributed by atoms with Crippen LogP contribution in [0.2, 0.25) is 0 Å². The quantitative estimate of drug-likeness (QED) is 0.307. The van der Waals surface area contributed by atoms with Gasteiger partial charge < -0.3 is 20.1 Å². The van der Waals surface area contributed by atoms with E-state index in [4.69, 9.17) is 4.98 Å². The third-order valence-corrected chi connectivity index (χ3v) is 8.27. The van der Waals surface area contributed by atoms with Crippen molar-refractivity contribution in [2.45, 2.75) is 39.2 Å². The van der Waals surface area contributed by atoms with Crippen LogP contribution in [-0.2, 0) is 17.3 Å². The largest absolute Gasteiger partial charge is 0.343 e. The Labute approximate surface area is 258 Å². The molecule has 0 bridgehead atoms. The van der Waals surface area contributed by atoms with Gasteiger partial charge in [-0.05, 0) is 66.4 Å². The van der Waals surface area contributed by atoms with Crippen molar-refractivity contribution in [2.24, 2.45) is 7.05 Å². The standard InChI is InChI=1S/C35H40N6O3/c1-22-27(9-8-10-28(22)38-32(42)24-11-15-25(16-12-24)35(2,3)4)29-21-41(7)34(44)31(37-29)36-26-17-13-23(14-18-26)30-33(43)40(6)20-19-39(30)5/h8-18,21,30H,19-20H2,1-7H3,(H,36,37)(H,38,42). The van der Waals surface area contributed by atoms with E-state index < -0.39 is 0 Å². The Morgan fingerprint density at radius 2 is 1.59 bits per heavy atom. The highest BCUT2D eigenvalue weighted by Crippen LogP contribution is 2.30. The molecule has 1 saturated heterocycles. The summed E-state index contributed by atoms with van der Waals surface area (Å²) in [6.07, 6.45) is 1.69. The van der Waals surface area contributed by atoms with Gasteiger partial charge in [0.15, 0.2) is 5.82 Å². The molecule has 4 aromatic rings. The molecule has 44 heavy (non-hydrogen) atoms. The van der Waals surface area contributed by atoms with Crippen LogP contribution in [0.25, 0.3) is 11.3 Å². The third kappa shape index (κ3) is 6.28. The summed E-state index contributed by atoms with van der Waals surface area (Å²) in [6.45, 7) is 9.85. The Bertz CT molecular complexity index is 1750. The maximum absolute atomic E-state index is 13.1. The number of likely N-dealkylation sites (N-methyl/N-ethyl adjacent to an activating group) is 2. The first kappa shape index (κ1) is 30.7. The second-order valence-corrected chi connectivity index (χ2v) is 12.5. The Hall–Kier alpha value is -4.76. The molecular weight excluding hydrogens is 552 g/mol. The number of benzene rings is 3. The fourth-order valence-electron chi connectivity index (χ4n) is 5.41. The molecule has 5 rings (SSSR count). The smallest absolute Gasteiger partial charge is 0.293 e. The van der Waals surface area contributed by atoms with E-state index in [-0.39, 0.29) is 34.6 Å². The van der Waals surface area contributed by atoms with Gasteiger partial charge in [0, 0.05) is 55.9 Å². The molecule has 3 aromatic carbocycles. The minimum Gasteiger partial charge on any atom is -0.343 e. The zero-order valence-corrected chi connectivity index (χ0v) is 26.4. The molecule has 1 aliphatic heterocycles. The second kappa shape index (κ2) is 12.1. The number of nitrogens with one attached hydrogen (secondary N) is 2. The molecule has 0 aliphatic carbocycles. The van der Waals surface area contributed by atoms with Crippen LogP contribution in [0.15, 0.2) is 77.7 Å². The number of amides is 2. The molecule has 9 nitrogen and oxygen atoms in total. The average Bonchev–Trinajstić information content (AvgIpc) is 2.99. The van der Waals surface area contributed by atoms with Gasteiger partial charge in [-0.15, -0.1) is 0 Å². The molecule has 2 heterocycles. The van der Waals surface area contributed by atoms with Gasteiger partial charge in [0.25, 0.3) is 11.5 Å². The molecule has 1 aromatic heterocycles. The third-order valence-electron chi connectivity index (χ3n) is 8.27. The second-order valence-electron chi connectivity index (χ2n) is 12.5. The summed E-state index contributed by atoms with van der Waals surface area (Å²) >= 11 is 0. The van der Waals surface area contributed by atoms with Crippen molar-refractivity contribution in [3.8, 4) is 11.3 Å². The van der Waals surface area contributed by atoms with Gasteiger partial charge in [-0.25, -0.2) is 4.98 Å². The van der Waals surface area contributed by atoms with Crippen LogP contribution in [0.1, 0.15) is 53.9 Å². The van der Waals surface area contributed by atoms with Crippen LogP contribution >= 0.6 is 0 Å². The molecule has 228 valence electrons. The molecule has 0 spiro atoms. The first-order valence-corrected chi connectivity index (χ1v) is 14.8. The first-order chi connectivity index (χ1) is 20.8. The number of carbonyl (C=O) groups excluding carboxylic acids is 2. The van der Waals surface area contributed by atoms with Gasteiger partial charge in [-0.2, -0.15) is 0 Å². The fraction of sp³-hybridized carbons (Fsp3) is 0.314. The van der Waals surface area contributed by atoms with Crippen LogP contribution in [0.3, 0.4) is 0 Å². The van der Waals surface area contributed by atoms with E-state index in [0.29, 0.717) is 29.2 Å². The number of rotatable bonds is 6. The number of aromatic nitrogens is 2. The van der Waals surface area contributed by atoms with E-state index >= 15 is 0 Å². The number of hydrogen-bond donors (Lipinski definition) is 2. The van der Waals surface area contributed by atoms with Crippen LogP contribution in [0.5, 0.6) is 0 Å². The van der Waals surface area contributed by atoms with E-state index in [1.54, 1.807) is 18.1 Å². The summed E-state index contributed by atoms with van der Waals surface area (Å²) in [6, 6.07) is 20.5. The number of carbonyl (C=O) groups is 2. The van der Waals surface area contributed by atoms with Gasteiger partial charge in [-0.3, -0.25) is 19.3 Å². The predicted octanol–water partition coefficient (Wildman–Crippen LogP) is 5.49. The molecule has 0 radical (unpaired) electrons. The molecule has 1 atom stereocenters. The van der Waals surface area contributed by atoms with E-state index in [1.807, 2.05) is 92.6 Å². The molecule has 2 amide bonds. The lowest BCUT2D eigenvalue weighted by molar-refractivity contribution is -0.139. The van der Waals surface area contributed by atoms with Crippen molar-refractivity contribution in [1.29, 1.82) is 0 Å². The van der Waals surface area contributed by atoms with E-state index in [9.17, 15) is 14.4 Å². The summed E-state index contributed by atoms with van der Waals surface area (Å²) in [5.74, 6) is 0.0451. The number of nitrogens with zero attached hydrogens (tertiary/aromatic N) is 4. The number of aryl methyl sites for hydroxylation is 1. The molecule has 1 fully saturated rings. The minimum atomic E-state index is -0.337. The average molecular weight is 593 g/mol. The van der Waals surface area contributed by atoms with Crippen LogP contribution in [-0.4, -0.2) is 58.4 Å². The molecule has 1 aliphatic rings. The van der Waals surface area contributed by atoms with Gasteiger partial charge in [0.1, 0.15) is 6.04 Å². The van der Waals surface area contributed by atoms with Crippen molar-refractivity contribution in [3.05, 3.63) is 106 Å². The Kier molecular flexibility index (Phi) is 8.43. The number of anilines is 3.